The van der Waals surface area contributed by atoms with Gasteiger partial charge in [0.1, 0.15) is 18.0 Å². The largest absolute Gasteiger partial charge is 0.491 e. The van der Waals surface area contributed by atoms with E-state index >= 15 is 0 Å². The first kappa shape index (κ1) is 69.3. The van der Waals surface area contributed by atoms with Crippen LogP contribution in [0.5, 0.6) is 5.75 Å². The lowest BCUT2D eigenvalue weighted by Crippen LogP contribution is -2.23. The lowest BCUT2D eigenvalue weighted by atomic mass is 9.87. The monoisotopic (exact) mass is 1120 g/mol. The van der Waals surface area contributed by atoms with Crippen LogP contribution in [0.3, 0.4) is 0 Å². The maximum Gasteiger partial charge on any atom is 0.306 e. The van der Waals surface area contributed by atoms with Gasteiger partial charge >= 0.3 is 5.97 Å². The molecule has 8 nitrogen and oxygen atoms in total. The first-order chi connectivity index (χ1) is 35.7. The minimum Gasteiger partial charge on any atom is -0.491 e. The van der Waals surface area contributed by atoms with Crippen molar-refractivity contribution in [3.05, 3.63) is 104 Å². The molecule has 1 N–H and O–H groups in total. The molecule has 0 radical (unpaired) electrons. The summed E-state index contributed by atoms with van der Waals surface area (Å²) in [6, 6.07) is 18.7. The third-order valence-corrected chi connectivity index (χ3v) is 15.4. The van der Waals surface area contributed by atoms with E-state index < -0.39 is 5.60 Å². The summed E-state index contributed by atoms with van der Waals surface area (Å²) in [4.78, 5) is 34.0. The zero-order valence-electron chi connectivity index (χ0n) is 49.9. The highest BCUT2D eigenvalue weighted by Crippen LogP contribution is 2.36. The van der Waals surface area contributed by atoms with Gasteiger partial charge < -0.3 is 19.3 Å². The summed E-state index contributed by atoms with van der Waals surface area (Å²) in [5, 5.41) is 8.76. The highest BCUT2D eigenvalue weighted by Gasteiger charge is 2.20. The summed E-state index contributed by atoms with van der Waals surface area (Å²) >= 11 is 5.15. The lowest BCUT2D eigenvalue weighted by Gasteiger charge is -2.22. The fourth-order valence-electron chi connectivity index (χ4n) is 8.27. The second kappa shape index (κ2) is 39.6. The van der Waals surface area contributed by atoms with Gasteiger partial charge in [0.15, 0.2) is 0 Å². The summed E-state index contributed by atoms with van der Waals surface area (Å²) in [5.74, 6) is 3.05. The van der Waals surface area contributed by atoms with Crippen LogP contribution < -0.4 is 4.74 Å². The minimum atomic E-state index is -0.412. The number of ether oxygens (including phenoxy) is 3. The van der Waals surface area contributed by atoms with Crippen molar-refractivity contribution in [1.82, 2.24) is 4.98 Å². The summed E-state index contributed by atoms with van der Waals surface area (Å²) in [6.45, 7) is 35.1. The number of benzene rings is 3. The van der Waals surface area contributed by atoms with Gasteiger partial charge in [-0.1, -0.05) is 169 Å². The molecule has 10 heteroatoms. The van der Waals surface area contributed by atoms with E-state index in [1.807, 2.05) is 58.3 Å². The molecule has 3 atom stereocenters. The smallest absolute Gasteiger partial charge is 0.306 e. The van der Waals surface area contributed by atoms with Gasteiger partial charge in [-0.3, -0.25) is 9.59 Å². The van der Waals surface area contributed by atoms with Gasteiger partial charge in [0.05, 0.1) is 41.5 Å². The SMILES string of the molecule is CC1CCCC1.CCC(C)C(C)=NC(=O)c1c(Br)cccc1C(C)CC.CCCC.CCCCCC(CCC)c1cc(C)c(C)cc1OCCOCCO.Cc1ncsc1-c1ccc(CCC(=O)OC(C)(C)C)cc1. The first-order valence-corrected chi connectivity index (χ1v) is 30.4. The van der Waals surface area contributed by atoms with Crippen molar-refractivity contribution in [2.75, 3.05) is 26.4 Å². The van der Waals surface area contributed by atoms with E-state index in [4.69, 9.17) is 19.3 Å². The van der Waals surface area contributed by atoms with Gasteiger partial charge in [-0.25, -0.2) is 9.98 Å². The van der Waals surface area contributed by atoms with E-state index in [1.54, 1.807) is 11.3 Å². The number of aliphatic hydroxyl groups excluding tert-OH is 1. The Hall–Kier alpha value is -3.70. The molecular formula is C65H103BrN2O6S. The second-order valence-electron chi connectivity index (χ2n) is 21.5. The predicted octanol–water partition coefficient (Wildman–Crippen LogP) is 19.2. The van der Waals surface area contributed by atoms with Gasteiger partial charge in [0.2, 0.25) is 0 Å². The Morgan fingerprint density at radius 3 is 2.00 bits per heavy atom. The van der Waals surface area contributed by atoms with E-state index in [-0.39, 0.29) is 18.5 Å². The maximum absolute atomic E-state index is 12.5. The van der Waals surface area contributed by atoms with Crippen LogP contribution in [0.1, 0.15) is 242 Å². The highest BCUT2D eigenvalue weighted by atomic mass is 79.9. The molecule has 3 unspecified atom stereocenters. The molecule has 75 heavy (non-hydrogen) atoms. The average Bonchev–Trinajstić information content (AvgIpc) is 4.06. The Labute approximate surface area is 470 Å². The number of amides is 1. The number of carbonyl (C=O) groups is 2. The first-order valence-electron chi connectivity index (χ1n) is 28.7. The Bertz CT molecular complexity index is 2190. The van der Waals surface area contributed by atoms with Crippen molar-refractivity contribution >= 4 is 44.9 Å². The molecule has 4 aromatic rings. The van der Waals surface area contributed by atoms with Crippen LogP contribution in [0, 0.1) is 32.6 Å². The molecule has 1 aromatic heterocycles. The molecule has 0 bridgehead atoms. The Balaban J connectivity index is 0.000000514. The van der Waals surface area contributed by atoms with Crippen LogP contribution in [-0.2, 0) is 20.7 Å². The Kier molecular flexibility index (Phi) is 36.6. The van der Waals surface area contributed by atoms with Gasteiger partial charge in [-0.15, -0.1) is 11.3 Å². The van der Waals surface area contributed by atoms with Crippen LogP contribution in [0.2, 0.25) is 0 Å². The topological polar surface area (TPSA) is 107 Å². The van der Waals surface area contributed by atoms with Crippen LogP contribution in [-0.4, -0.2) is 59.7 Å². The molecule has 1 amide bonds. The minimum absolute atomic E-state index is 0.0604. The average molecular weight is 1120 g/mol. The van der Waals surface area contributed by atoms with Crippen LogP contribution >= 0.6 is 27.3 Å². The molecule has 1 aliphatic carbocycles. The number of aromatic nitrogens is 1. The molecule has 0 spiro atoms. The number of aliphatic hydroxyl groups is 1. The van der Waals surface area contributed by atoms with E-state index in [0.717, 1.165) is 51.5 Å². The maximum atomic E-state index is 12.5. The van der Waals surface area contributed by atoms with Crippen LogP contribution in [0.25, 0.3) is 10.4 Å². The highest BCUT2D eigenvalue weighted by molar-refractivity contribution is 9.10. The van der Waals surface area contributed by atoms with Gasteiger partial charge in [-0.05, 0) is 166 Å². The number of halogens is 1. The van der Waals surface area contributed by atoms with Crippen LogP contribution in [0.15, 0.2) is 69.6 Å². The van der Waals surface area contributed by atoms with Crippen molar-refractivity contribution in [3.8, 4) is 16.2 Å². The summed E-state index contributed by atoms with van der Waals surface area (Å²) < 4.78 is 17.5. The summed E-state index contributed by atoms with van der Waals surface area (Å²) in [7, 11) is 0. The number of esters is 1. The van der Waals surface area contributed by atoms with E-state index in [0.29, 0.717) is 56.0 Å². The number of carbonyl (C=O) groups excluding carboxylic acids is 2. The molecule has 1 saturated carbocycles. The van der Waals surface area contributed by atoms with E-state index in [2.05, 4.69) is 138 Å². The van der Waals surface area contributed by atoms with Crippen molar-refractivity contribution < 1.29 is 28.9 Å². The predicted molar refractivity (Wildman–Crippen MR) is 326 cm³/mol. The summed E-state index contributed by atoms with van der Waals surface area (Å²) in [6.07, 6.45) is 19.2. The quantitative estimate of drug-likeness (QED) is 0.0448. The molecule has 5 rings (SSSR count). The van der Waals surface area contributed by atoms with Crippen molar-refractivity contribution in [3.63, 3.8) is 0 Å². The zero-order valence-corrected chi connectivity index (χ0v) is 52.3. The van der Waals surface area contributed by atoms with Gasteiger partial charge in [-0.2, -0.15) is 0 Å². The number of unbranched alkanes of at least 4 members (excludes halogenated alkanes) is 3. The molecule has 422 valence electrons. The third-order valence-electron chi connectivity index (χ3n) is 13.7. The number of hydrogen-bond donors (Lipinski definition) is 1. The Morgan fingerprint density at radius 2 is 1.48 bits per heavy atom. The van der Waals surface area contributed by atoms with Crippen molar-refractivity contribution in [2.45, 2.75) is 231 Å². The normalized spacial score (nSPS) is 13.6. The second-order valence-corrected chi connectivity index (χ2v) is 23.2. The molecule has 1 fully saturated rings. The molecule has 3 aromatic carbocycles. The number of hydrogen-bond acceptors (Lipinski definition) is 8. The number of rotatable bonds is 23. The third kappa shape index (κ3) is 28.5. The van der Waals surface area contributed by atoms with E-state index in [1.165, 1.54) is 104 Å². The number of thiazole rings is 1. The number of aryl methyl sites for hydroxylation is 4. The number of nitrogens with zero attached hydrogens (tertiary/aromatic N) is 2. The Morgan fingerprint density at radius 1 is 0.827 bits per heavy atom. The van der Waals surface area contributed by atoms with Crippen LogP contribution in [0.4, 0.5) is 0 Å². The number of aliphatic imine (C=N–C) groups is 1. The fraction of sp³-hybridized carbons (Fsp3) is 0.631. The summed E-state index contributed by atoms with van der Waals surface area (Å²) in [5.41, 5.74) is 11.5. The molecule has 0 saturated heterocycles. The van der Waals surface area contributed by atoms with Crippen molar-refractivity contribution in [1.29, 1.82) is 0 Å². The van der Waals surface area contributed by atoms with Crippen molar-refractivity contribution in [2.24, 2.45) is 16.8 Å². The molecule has 1 heterocycles. The molecular weight excluding hydrogens is 1020 g/mol. The lowest BCUT2D eigenvalue weighted by molar-refractivity contribution is -0.154. The standard InChI is InChI=1S/C21H36O3.C17H24BrNO.C17H21NO2S.C6H12.C4H10/c1-5-7-8-10-19(9-6-2)20-15-17(3)18(4)16-21(20)24-14-13-23-12-11-22;1-6-11(3)13(5)19-17(20)16-14(12(4)7-2)9-8-10-15(16)18;1-12-16(21-11-18-12)14-8-5-13(6-9-14)7-10-15(19)20-17(2,3)4;1-6-4-2-3-5-6;1-3-4-2/h15-16,19,22H,5-14H2,1-4H3;8-12H,6-7H2,1-5H3;5-6,8-9,11H,7,10H2,1-4H3;6H,2-5H2,1H3;3-4H2,1-2H3. The fourth-order valence-corrected chi connectivity index (χ4v) is 9.63. The van der Waals surface area contributed by atoms with Gasteiger partial charge in [0.25, 0.3) is 5.91 Å². The van der Waals surface area contributed by atoms with E-state index in [9.17, 15) is 9.59 Å². The molecule has 0 aliphatic heterocycles. The van der Waals surface area contributed by atoms with Gasteiger partial charge in [0, 0.05) is 16.6 Å². The zero-order chi connectivity index (χ0) is 56.3. The molecule has 1 aliphatic rings.